The number of benzene rings is 1. The highest BCUT2D eigenvalue weighted by Crippen LogP contribution is 2.27. The first kappa shape index (κ1) is 16.0. The lowest BCUT2D eigenvalue weighted by atomic mass is 10.0. The van der Waals surface area contributed by atoms with Crippen molar-refractivity contribution in [3.63, 3.8) is 0 Å². The van der Waals surface area contributed by atoms with Crippen molar-refractivity contribution in [1.82, 2.24) is 15.1 Å². The van der Waals surface area contributed by atoms with Crippen LogP contribution in [0.2, 0.25) is 0 Å². The summed E-state index contributed by atoms with van der Waals surface area (Å²) in [5.41, 5.74) is 3.49. The van der Waals surface area contributed by atoms with Crippen molar-refractivity contribution in [3.05, 3.63) is 45.7 Å². The van der Waals surface area contributed by atoms with E-state index in [1.807, 2.05) is 26.1 Å². The zero-order chi connectivity index (χ0) is 15.4. The Kier molecular flexibility index (Phi) is 5.42. The fourth-order valence-electron chi connectivity index (χ4n) is 2.51. The van der Waals surface area contributed by atoms with Gasteiger partial charge in [0.05, 0.1) is 24.5 Å². The Morgan fingerprint density at radius 2 is 2.14 bits per heavy atom. The van der Waals surface area contributed by atoms with E-state index in [0.29, 0.717) is 0 Å². The van der Waals surface area contributed by atoms with Gasteiger partial charge in [0.2, 0.25) is 0 Å². The summed E-state index contributed by atoms with van der Waals surface area (Å²) in [4.78, 5) is 0. The molecule has 5 heteroatoms. The van der Waals surface area contributed by atoms with E-state index in [1.54, 1.807) is 7.11 Å². The molecule has 0 saturated heterocycles. The molecule has 0 amide bonds. The first-order valence-electron chi connectivity index (χ1n) is 7.13. The number of aromatic nitrogens is 2. The fraction of sp³-hybridized carbons (Fsp3) is 0.438. The van der Waals surface area contributed by atoms with Crippen LogP contribution in [0.25, 0.3) is 0 Å². The van der Waals surface area contributed by atoms with Gasteiger partial charge in [-0.05, 0) is 57.1 Å². The summed E-state index contributed by atoms with van der Waals surface area (Å²) in [5.74, 6) is 0.878. The molecule has 0 bridgehead atoms. The summed E-state index contributed by atoms with van der Waals surface area (Å²) < 4.78 is 8.48. The monoisotopic (exact) mass is 351 g/mol. The number of rotatable bonds is 6. The van der Waals surface area contributed by atoms with Gasteiger partial charge in [-0.15, -0.1) is 0 Å². The van der Waals surface area contributed by atoms with Gasteiger partial charge in [0, 0.05) is 11.0 Å². The summed E-state index contributed by atoms with van der Waals surface area (Å²) >= 11 is 3.62. The molecule has 2 rings (SSSR count). The van der Waals surface area contributed by atoms with Gasteiger partial charge in [-0.1, -0.05) is 15.9 Å². The normalized spacial score (nSPS) is 12.4. The number of likely N-dealkylation sites (N-methyl/N-ethyl adjacent to an activating group) is 1. The molecule has 1 N–H and O–H groups in total. The van der Waals surface area contributed by atoms with Crippen molar-refractivity contribution in [3.8, 4) is 5.75 Å². The number of halogens is 1. The third-order valence-electron chi connectivity index (χ3n) is 3.62. The molecule has 4 nitrogen and oxygen atoms in total. The van der Waals surface area contributed by atoms with Crippen molar-refractivity contribution >= 4 is 15.9 Å². The maximum absolute atomic E-state index is 5.32. The van der Waals surface area contributed by atoms with Crippen LogP contribution in [0.5, 0.6) is 5.75 Å². The van der Waals surface area contributed by atoms with Crippen LogP contribution < -0.4 is 10.1 Å². The highest BCUT2D eigenvalue weighted by molar-refractivity contribution is 9.10. The van der Waals surface area contributed by atoms with Crippen molar-refractivity contribution in [1.29, 1.82) is 0 Å². The number of ether oxygens (including phenoxy) is 1. The van der Waals surface area contributed by atoms with E-state index in [1.165, 1.54) is 11.3 Å². The van der Waals surface area contributed by atoms with E-state index in [4.69, 9.17) is 4.74 Å². The number of nitrogens with one attached hydrogen (secondary N) is 1. The molecule has 0 radical (unpaired) electrons. The molecule has 0 aliphatic carbocycles. The van der Waals surface area contributed by atoms with Gasteiger partial charge in [-0.3, -0.25) is 4.68 Å². The first-order chi connectivity index (χ1) is 10.1. The van der Waals surface area contributed by atoms with E-state index in [0.717, 1.165) is 28.9 Å². The lowest BCUT2D eigenvalue weighted by Gasteiger charge is -2.18. The maximum atomic E-state index is 5.32. The maximum Gasteiger partial charge on any atom is 0.119 e. The highest BCUT2D eigenvalue weighted by atomic mass is 79.9. The standard InChI is InChI=1S/C16H22BrN3O/c1-5-20-16(8-11(2)19-20)15(18-3)10-12-9-13(21-4)6-7-14(12)17/h6-9,15,18H,5,10H2,1-4H3. The molecule has 0 fully saturated rings. The second-order valence-electron chi connectivity index (χ2n) is 5.03. The topological polar surface area (TPSA) is 39.1 Å². The molecule has 1 unspecified atom stereocenters. The van der Waals surface area contributed by atoms with E-state index in [-0.39, 0.29) is 6.04 Å². The Morgan fingerprint density at radius 1 is 1.38 bits per heavy atom. The fourth-order valence-corrected chi connectivity index (χ4v) is 2.92. The lowest BCUT2D eigenvalue weighted by Crippen LogP contribution is -2.22. The quantitative estimate of drug-likeness (QED) is 0.865. The predicted molar refractivity (Wildman–Crippen MR) is 88.8 cm³/mol. The molecular formula is C16H22BrN3O. The molecule has 1 aromatic carbocycles. The van der Waals surface area contributed by atoms with Gasteiger partial charge >= 0.3 is 0 Å². The van der Waals surface area contributed by atoms with E-state index in [2.05, 4.69) is 50.1 Å². The van der Waals surface area contributed by atoms with Crippen molar-refractivity contribution in [2.45, 2.75) is 32.9 Å². The third-order valence-corrected chi connectivity index (χ3v) is 4.39. The number of hydrogen-bond acceptors (Lipinski definition) is 3. The predicted octanol–water partition coefficient (Wildman–Crippen LogP) is 3.49. The largest absolute Gasteiger partial charge is 0.497 e. The zero-order valence-electron chi connectivity index (χ0n) is 13.0. The van der Waals surface area contributed by atoms with Gasteiger partial charge in [-0.25, -0.2) is 0 Å². The van der Waals surface area contributed by atoms with Crippen LogP contribution in [0, 0.1) is 6.92 Å². The van der Waals surface area contributed by atoms with Gasteiger partial charge in [0.1, 0.15) is 5.75 Å². The van der Waals surface area contributed by atoms with Crippen molar-refractivity contribution in [2.75, 3.05) is 14.2 Å². The van der Waals surface area contributed by atoms with Crippen molar-refractivity contribution in [2.24, 2.45) is 0 Å². The summed E-state index contributed by atoms with van der Waals surface area (Å²) in [6.45, 7) is 5.02. The molecule has 0 spiro atoms. The third kappa shape index (κ3) is 3.66. The zero-order valence-corrected chi connectivity index (χ0v) is 14.6. The average Bonchev–Trinajstić information content (AvgIpc) is 2.87. The molecule has 1 atom stereocenters. The van der Waals surface area contributed by atoms with Crippen LogP contribution in [0.4, 0.5) is 0 Å². The highest BCUT2D eigenvalue weighted by Gasteiger charge is 2.17. The van der Waals surface area contributed by atoms with Crippen LogP contribution in [-0.2, 0) is 13.0 Å². The molecule has 0 aliphatic rings. The average molecular weight is 352 g/mol. The summed E-state index contributed by atoms with van der Waals surface area (Å²) in [6, 6.07) is 8.44. The SMILES string of the molecule is CCn1nc(C)cc1C(Cc1cc(OC)ccc1Br)NC. The van der Waals surface area contributed by atoms with E-state index >= 15 is 0 Å². The van der Waals surface area contributed by atoms with Gasteiger partial charge in [0.15, 0.2) is 0 Å². The second-order valence-corrected chi connectivity index (χ2v) is 5.88. The minimum absolute atomic E-state index is 0.217. The molecule has 0 aliphatic heterocycles. The smallest absolute Gasteiger partial charge is 0.119 e. The number of aryl methyl sites for hydroxylation is 2. The molecule has 21 heavy (non-hydrogen) atoms. The molecule has 1 heterocycles. The minimum atomic E-state index is 0.217. The number of hydrogen-bond donors (Lipinski definition) is 1. The Hall–Kier alpha value is -1.33. The number of methoxy groups -OCH3 is 1. The van der Waals surface area contributed by atoms with Crippen LogP contribution >= 0.6 is 15.9 Å². The second kappa shape index (κ2) is 7.09. The van der Waals surface area contributed by atoms with E-state index in [9.17, 15) is 0 Å². The van der Waals surface area contributed by atoms with Gasteiger partial charge < -0.3 is 10.1 Å². The van der Waals surface area contributed by atoms with Crippen LogP contribution in [0.3, 0.4) is 0 Å². The van der Waals surface area contributed by atoms with Gasteiger partial charge in [-0.2, -0.15) is 5.10 Å². The minimum Gasteiger partial charge on any atom is -0.497 e. The summed E-state index contributed by atoms with van der Waals surface area (Å²) in [7, 11) is 3.68. The molecule has 0 saturated carbocycles. The van der Waals surface area contributed by atoms with Crippen LogP contribution in [-0.4, -0.2) is 23.9 Å². The van der Waals surface area contributed by atoms with Gasteiger partial charge in [0.25, 0.3) is 0 Å². The molecular weight excluding hydrogens is 330 g/mol. The Labute approximate surface area is 134 Å². The summed E-state index contributed by atoms with van der Waals surface area (Å²) in [6.07, 6.45) is 0.874. The number of nitrogens with zero attached hydrogens (tertiary/aromatic N) is 2. The Bertz CT molecular complexity index is 610. The molecule has 1 aromatic heterocycles. The summed E-state index contributed by atoms with van der Waals surface area (Å²) in [5, 5.41) is 7.93. The molecule has 114 valence electrons. The van der Waals surface area contributed by atoms with Crippen LogP contribution in [0.1, 0.15) is 29.9 Å². The lowest BCUT2D eigenvalue weighted by molar-refractivity contribution is 0.413. The Morgan fingerprint density at radius 3 is 2.76 bits per heavy atom. The van der Waals surface area contributed by atoms with Crippen molar-refractivity contribution < 1.29 is 4.74 Å². The first-order valence-corrected chi connectivity index (χ1v) is 7.92. The van der Waals surface area contributed by atoms with E-state index < -0.39 is 0 Å². The molecule has 2 aromatic rings. The van der Waals surface area contributed by atoms with Crippen LogP contribution in [0.15, 0.2) is 28.7 Å². The Balaban J connectivity index is 2.30.